The summed E-state index contributed by atoms with van der Waals surface area (Å²) in [6.45, 7) is 8.73. The molecular weight excluding hydrogens is 218 g/mol. The van der Waals surface area contributed by atoms with Crippen LogP contribution in [0.15, 0.2) is 11.2 Å². The van der Waals surface area contributed by atoms with Crippen LogP contribution < -0.4 is 5.73 Å². The van der Waals surface area contributed by atoms with Crippen molar-refractivity contribution in [3.63, 3.8) is 0 Å². The summed E-state index contributed by atoms with van der Waals surface area (Å²) in [5, 5.41) is 0.798. The molecule has 16 heavy (non-hydrogen) atoms. The van der Waals surface area contributed by atoms with E-state index in [-0.39, 0.29) is 0 Å². The Morgan fingerprint density at radius 3 is 2.56 bits per heavy atom. The number of rotatable bonds is 4. The topological polar surface area (TPSA) is 51.8 Å². The van der Waals surface area contributed by atoms with Gasteiger partial charge in [0, 0.05) is 17.5 Å². The van der Waals surface area contributed by atoms with Gasteiger partial charge in [0.25, 0.3) is 0 Å². The van der Waals surface area contributed by atoms with Crippen molar-refractivity contribution in [2.75, 3.05) is 11.5 Å². The van der Waals surface area contributed by atoms with E-state index >= 15 is 0 Å². The fraction of sp³-hybridized carbons (Fsp3) is 0.667. The summed E-state index contributed by atoms with van der Waals surface area (Å²) in [5.74, 6) is 1.62. The molecule has 0 radical (unpaired) electrons. The van der Waals surface area contributed by atoms with E-state index in [1.807, 2.05) is 6.92 Å². The number of nitrogens with two attached hydrogens (primary N) is 1. The Balaban J connectivity index is 2.37. The van der Waals surface area contributed by atoms with Crippen LogP contribution in [0.25, 0.3) is 0 Å². The molecule has 0 amide bonds. The highest BCUT2D eigenvalue weighted by Gasteiger charge is 2.09. The maximum absolute atomic E-state index is 5.67. The molecule has 0 unspecified atom stereocenters. The van der Waals surface area contributed by atoms with Crippen molar-refractivity contribution in [2.45, 2.75) is 45.7 Å². The molecule has 0 bridgehead atoms. The molecule has 0 aliphatic rings. The number of thioether (sulfide) groups is 1. The average molecular weight is 239 g/mol. The second-order valence-electron chi connectivity index (χ2n) is 5.23. The second-order valence-corrected chi connectivity index (χ2v) is 6.29. The summed E-state index contributed by atoms with van der Waals surface area (Å²) in [4.78, 5) is 8.54. The zero-order chi connectivity index (χ0) is 12.2. The third-order valence-corrected chi connectivity index (χ3v) is 3.09. The van der Waals surface area contributed by atoms with Crippen molar-refractivity contribution in [1.29, 1.82) is 0 Å². The van der Waals surface area contributed by atoms with Crippen LogP contribution in [0.3, 0.4) is 0 Å². The molecule has 0 aromatic carbocycles. The van der Waals surface area contributed by atoms with Crippen LogP contribution in [0.2, 0.25) is 0 Å². The first-order valence-electron chi connectivity index (χ1n) is 5.61. The van der Waals surface area contributed by atoms with E-state index in [0.29, 0.717) is 11.2 Å². The molecule has 1 rings (SSSR count). The molecule has 0 saturated heterocycles. The number of aromatic nitrogens is 2. The third kappa shape index (κ3) is 5.35. The SMILES string of the molecule is Cc1cc(N)nc(SCCCC(C)(C)C)n1. The lowest BCUT2D eigenvalue weighted by Gasteiger charge is -2.17. The van der Waals surface area contributed by atoms with Crippen molar-refractivity contribution in [2.24, 2.45) is 5.41 Å². The Morgan fingerprint density at radius 2 is 2.00 bits per heavy atom. The summed E-state index contributed by atoms with van der Waals surface area (Å²) in [7, 11) is 0. The average Bonchev–Trinajstić information content (AvgIpc) is 2.09. The summed E-state index contributed by atoms with van der Waals surface area (Å²) >= 11 is 1.69. The monoisotopic (exact) mass is 239 g/mol. The van der Waals surface area contributed by atoms with Crippen LogP contribution in [0.4, 0.5) is 5.82 Å². The van der Waals surface area contributed by atoms with Gasteiger partial charge in [-0.3, -0.25) is 0 Å². The minimum Gasteiger partial charge on any atom is -0.384 e. The zero-order valence-corrected chi connectivity index (χ0v) is 11.4. The molecular formula is C12H21N3S. The second kappa shape index (κ2) is 5.53. The quantitative estimate of drug-likeness (QED) is 0.497. The molecule has 1 heterocycles. The van der Waals surface area contributed by atoms with Gasteiger partial charge in [0.2, 0.25) is 0 Å². The van der Waals surface area contributed by atoms with Gasteiger partial charge in [0.15, 0.2) is 5.16 Å². The fourth-order valence-corrected chi connectivity index (χ4v) is 2.25. The molecule has 0 spiro atoms. The molecule has 4 heteroatoms. The lowest BCUT2D eigenvalue weighted by molar-refractivity contribution is 0.374. The highest BCUT2D eigenvalue weighted by molar-refractivity contribution is 7.99. The molecule has 0 fully saturated rings. The van der Waals surface area contributed by atoms with Gasteiger partial charge in [-0.15, -0.1) is 0 Å². The van der Waals surface area contributed by atoms with Crippen molar-refractivity contribution in [1.82, 2.24) is 9.97 Å². The van der Waals surface area contributed by atoms with Gasteiger partial charge >= 0.3 is 0 Å². The van der Waals surface area contributed by atoms with Crippen LogP contribution in [0.1, 0.15) is 39.3 Å². The van der Waals surface area contributed by atoms with Gasteiger partial charge in [-0.1, -0.05) is 32.5 Å². The van der Waals surface area contributed by atoms with E-state index in [1.165, 1.54) is 12.8 Å². The van der Waals surface area contributed by atoms with E-state index in [4.69, 9.17) is 5.73 Å². The van der Waals surface area contributed by atoms with Crippen LogP contribution in [-0.2, 0) is 0 Å². The number of anilines is 1. The van der Waals surface area contributed by atoms with Gasteiger partial charge in [-0.05, 0) is 25.2 Å². The molecule has 90 valence electrons. The van der Waals surface area contributed by atoms with Crippen LogP contribution in [0, 0.1) is 12.3 Å². The molecule has 0 aliphatic carbocycles. The van der Waals surface area contributed by atoms with Gasteiger partial charge in [-0.2, -0.15) is 0 Å². The van der Waals surface area contributed by atoms with Gasteiger partial charge < -0.3 is 5.73 Å². The first-order chi connectivity index (χ1) is 7.37. The number of hydrogen-bond donors (Lipinski definition) is 1. The number of nitrogens with zero attached hydrogens (tertiary/aromatic N) is 2. The smallest absolute Gasteiger partial charge is 0.189 e. The van der Waals surface area contributed by atoms with E-state index in [2.05, 4.69) is 30.7 Å². The predicted molar refractivity (Wildman–Crippen MR) is 70.6 cm³/mol. The summed E-state index contributed by atoms with van der Waals surface area (Å²) in [6, 6.07) is 1.79. The largest absolute Gasteiger partial charge is 0.384 e. The zero-order valence-electron chi connectivity index (χ0n) is 10.6. The summed E-state index contributed by atoms with van der Waals surface area (Å²) in [6.07, 6.45) is 2.41. The van der Waals surface area contributed by atoms with Gasteiger partial charge in [0.05, 0.1) is 0 Å². The minimum absolute atomic E-state index is 0.410. The Kier molecular flexibility index (Phi) is 4.59. The Bertz CT molecular complexity index is 324. The lowest BCUT2D eigenvalue weighted by atomic mass is 9.91. The van der Waals surface area contributed by atoms with Crippen molar-refractivity contribution >= 4 is 17.6 Å². The molecule has 2 N–H and O–H groups in total. The van der Waals surface area contributed by atoms with E-state index in [9.17, 15) is 0 Å². The van der Waals surface area contributed by atoms with Crippen molar-refractivity contribution < 1.29 is 0 Å². The van der Waals surface area contributed by atoms with Crippen LogP contribution in [-0.4, -0.2) is 15.7 Å². The van der Waals surface area contributed by atoms with E-state index in [1.54, 1.807) is 17.8 Å². The Labute approximate surface area is 102 Å². The molecule has 1 aromatic heterocycles. The maximum atomic E-state index is 5.67. The van der Waals surface area contributed by atoms with Crippen LogP contribution >= 0.6 is 11.8 Å². The molecule has 0 atom stereocenters. The lowest BCUT2D eigenvalue weighted by Crippen LogP contribution is -2.05. The number of aryl methyl sites for hydroxylation is 1. The molecule has 1 aromatic rings. The molecule has 0 saturated carbocycles. The van der Waals surface area contributed by atoms with Crippen molar-refractivity contribution in [3.05, 3.63) is 11.8 Å². The maximum Gasteiger partial charge on any atom is 0.189 e. The summed E-state index contributed by atoms with van der Waals surface area (Å²) < 4.78 is 0. The number of nitrogen functional groups attached to an aromatic ring is 1. The highest BCUT2D eigenvalue weighted by atomic mass is 32.2. The van der Waals surface area contributed by atoms with Gasteiger partial charge in [-0.25, -0.2) is 9.97 Å². The van der Waals surface area contributed by atoms with E-state index in [0.717, 1.165) is 16.6 Å². The minimum atomic E-state index is 0.410. The number of hydrogen-bond acceptors (Lipinski definition) is 4. The first-order valence-corrected chi connectivity index (χ1v) is 6.59. The van der Waals surface area contributed by atoms with Crippen molar-refractivity contribution in [3.8, 4) is 0 Å². The molecule has 3 nitrogen and oxygen atoms in total. The predicted octanol–water partition coefficient (Wildman–Crippen LogP) is 3.29. The first kappa shape index (κ1) is 13.3. The normalized spacial score (nSPS) is 11.8. The van der Waals surface area contributed by atoms with Crippen LogP contribution in [0.5, 0.6) is 0 Å². The summed E-state index contributed by atoms with van der Waals surface area (Å²) in [5.41, 5.74) is 7.01. The Morgan fingerprint density at radius 1 is 1.31 bits per heavy atom. The standard InChI is InChI=1S/C12H21N3S/c1-9-8-10(13)15-11(14-9)16-7-5-6-12(2,3)4/h8H,5-7H2,1-4H3,(H2,13,14,15). The molecule has 0 aliphatic heterocycles. The third-order valence-electron chi connectivity index (χ3n) is 2.16. The van der Waals surface area contributed by atoms with E-state index < -0.39 is 0 Å². The highest BCUT2D eigenvalue weighted by Crippen LogP contribution is 2.23. The fourth-order valence-electron chi connectivity index (χ4n) is 1.40. The van der Waals surface area contributed by atoms with Gasteiger partial charge in [0.1, 0.15) is 5.82 Å². The Hall–Kier alpha value is -0.770.